The third kappa shape index (κ3) is 3.67. The molecule has 2 N–H and O–H groups in total. The number of nitrogens with zero attached hydrogens (tertiary/aromatic N) is 1. The van der Waals surface area contributed by atoms with Gasteiger partial charge in [-0.05, 0) is 18.2 Å². The van der Waals surface area contributed by atoms with Crippen molar-refractivity contribution in [2.45, 2.75) is 0 Å². The van der Waals surface area contributed by atoms with Gasteiger partial charge in [0, 0.05) is 26.2 Å². The molecule has 0 radical (unpaired) electrons. The van der Waals surface area contributed by atoms with Gasteiger partial charge >= 0.3 is 0 Å². The number of hydrogen-bond donors (Lipinski definition) is 2. The summed E-state index contributed by atoms with van der Waals surface area (Å²) in [5.74, 6) is -0.959. The first-order valence-corrected chi connectivity index (χ1v) is 8.03. The second-order valence-electron chi connectivity index (χ2n) is 4.61. The quantitative estimate of drug-likeness (QED) is 0.838. The molecule has 1 fully saturated rings. The van der Waals surface area contributed by atoms with Crippen molar-refractivity contribution in [3.8, 4) is 0 Å². The molecule has 2 rings (SSSR count). The van der Waals surface area contributed by atoms with E-state index >= 15 is 0 Å². The van der Waals surface area contributed by atoms with Gasteiger partial charge in [0.25, 0.3) is 5.91 Å². The van der Waals surface area contributed by atoms with E-state index < -0.39 is 15.8 Å². The van der Waals surface area contributed by atoms with Crippen molar-refractivity contribution in [1.82, 2.24) is 10.2 Å². The molecule has 1 saturated heterocycles. The Labute approximate surface area is 117 Å². The van der Waals surface area contributed by atoms with Crippen LogP contribution in [0.5, 0.6) is 0 Å². The summed E-state index contributed by atoms with van der Waals surface area (Å²) in [7, 11) is -3.53. The van der Waals surface area contributed by atoms with Crippen LogP contribution in [0.3, 0.4) is 0 Å². The topological polar surface area (TPSA) is 78.5 Å². The number of nitrogens with one attached hydrogen (secondary N) is 2. The maximum Gasteiger partial charge on any atom is 0.256 e. The Morgan fingerprint density at radius 1 is 1.35 bits per heavy atom. The van der Waals surface area contributed by atoms with Crippen LogP contribution < -0.4 is 10.0 Å². The lowest BCUT2D eigenvalue weighted by Crippen LogP contribution is -2.46. The molecule has 1 aliphatic rings. The molecule has 1 aromatic rings. The largest absolute Gasteiger partial charge is 0.336 e. The predicted molar refractivity (Wildman–Crippen MR) is 73.6 cm³/mol. The predicted octanol–water partition coefficient (Wildman–Crippen LogP) is 0.243. The summed E-state index contributed by atoms with van der Waals surface area (Å²) in [5, 5.41) is 3.11. The molecule has 1 amide bonds. The van der Waals surface area contributed by atoms with Crippen LogP contribution in [0.2, 0.25) is 0 Å². The molecule has 8 heteroatoms. The zero-order chi connectivity index (χ0) is 14.8. The van der Waals surface area contributed by atoms with Crippen molar-refractivity contribution < 1.29 is 17.6 Å². The van der Waals surface area contributed by atoms with Crippen LogP contribution in [0, 0.1) is 5.82 Å². The molecule has 20 heavy (non-hydrogen) atoms. The number of piperazine rings is 1. The van der Waals surface area contributed by atoms with Crippen LogP contribution >= 0.6 is 0 Å². The number of rotatable bonds is 3. The van der Waals surface area contributed by atoms with Gasteiger partial charge in [0.15, 0.2) is 0 Å². The molecular weight excluding hydrogens is 285 g/mol. The first-order valence-electron chi connectivity index (χ1n) is 6.14. The fourth-order valence-electron chi connectivity index (χ4n) is 2.02. The molecule has 1 aliphatic heterocycles. The number of amides is 1. The van der Waals surface area contributed by atoms with E-state index in [-0.39, 0.29) is 17.2 Å². The monoisotopic (exact) mass is 301 g/mol. The standard InChI is InChI=1S/C12H16FN3O3S/c1-20(18,19)15-11-3-2-9(13)8-10(11)12(17)16-6-4-14-5-7-16/h2-3,8,14-15H,4-7H2,1H3. The van der Waals surface area contributed by atoms with Crippen LogP contribution in [0.1, 0.15) is 10.4 Å². The zero-order valence-electron chi connectivity index (χ0n) is 11.0. The first-order chi connectivity index (χ1) is 9.37. The third-order valence-electron chi connectivity index (χ3n) is 2.91. The lowest BCUT2D eigenvalue weighted by atomic mass is 10.1. The van der Waals surface area contributed by atoms with E-state index in [0.29, 0.717) is 26.2 Å². The van der Waals surface area contributed by atoms with Crippen molar-refractivity contribution in [3.05, 3.63) is 29.6 Å². The maximum atomic E-state index is 13.3. The Morgan fingerprint density at radius 3 is 2.60 bits per heavy atom. The highest BCUT2D eigenvalue weighted by Gasteiger charge is 2.22. The number of hydrogen-bond acceptors (Lipinski definition) is 4. The molecule has 0 aromatic heterocycles. The fourth-order valence-corrected chi connectivity index (χ4v) is 2.60. The molecule has 110 valence electrons. The van der Waals surface area contributed by atoms with E-state index in [0.717, 1.165) is 18.4 Å². The Hall–Kier alpha value is -1.67. The van der Waals surface area contributed by atoms with E-state index in [1.54, 1.807) is 4.90 Å². The summed E-state index contributed by atoms with van der Waals surface area (Å²) in [4.78, 5) is 13.9. The summed E-state index contributed by atoms with van der Waals surface area (Å²) in [6, 6.07) is 3.42. The van der Waals surface area contributed by atoms with Gasteiger partial charge in [0.1, 0.15) is 5.82 Å². The van der Waals surface area contributed by atoms with E-state index in [1.807, 2.05) is 0 Å². The highest BCUT2D eigenvalue weighted by molar-refractivity contribution is 7.92. The van der Waals surface area contributed by atoms with E-state index in [2.05, 4.69) is 10.0 Å². The van der Waals surface area contributed by atoms with Gasteiger partial charge in [-0.15, -0.1) is 0 Å². The fraction of sp³-hybridized carbons (Fsp3) is 0.417. The van der Waals surface area contributed by atoms with E-state index in [9.17, 15) is 17.6 Å². The molecular formula is C12H16FN3O3S. The number of halogens is 1. The Balaban J connectivity index is 2.33. The Bertz CT molecular complexity index is 612. The smallest absolute Gasteiger partial charge is 0.256 e. The van der Waals surface area contributed by atoms with Gasteiger partial charge in [0.05, 0.1) is 17.5 Å². The lowest BCUT2D eigenvalue weighted by molar-refractivity contribution is 0.0736. The maximum absolute atomic E-state index is 13.3. The molecule has 0 aliphatic carbocycles. The molecule has 1 aromatic carbocycles. The summed E-state index contributed by atoms with van der Waals surface area (Å²) in [6.45, 7) is 2.34. The molecule has 0 atom stereocenters. The number of anilines is 1. The van der Waals surface area contributed by atoms with Gasteiger partial charge < -0.3 is 10.2 Å². The number of carbonyl (C=O) groups excluding carboxylic acids is 1. The van der Waals surface area contributed by atoms with Gasteiger partial charge in [-0.2, -0.15) is 0 Å². The molecule has 0 unspecified atom stereocenters. The minimum Gasteiger partial charge on any atom is -0.336 e. The van der Waals surface area contributed by atoms with Crippen LogP contribution in [0.15, 0.2) is 18.2 Å². The van der Waals surface area contributed by atoms with E-state index in [4.69, 9.17) is 0 Å². The highest BCUT2D eigenvalue weighted by Crippen LogP contribution is 2.20. The molecule has 0 spiro atoms. The summed E-state index contributed by atoms with van der Waals surface area (Å²) < 4.78 is 38.2. The van der Waals surface area contributed by atoms with Crippen molar-refractivity contribution in [2.24, 2.45) is 0 Å². The molecule has 0 bridgehead atoms. The second-order valence-corrected chi connectivity index (χ2v) is 6.35. The van der Waals surface area contributed by atoms with Crippen molar-refractivity contribution >= 4 is 21.6 Å². The number of benzene rings is 1. The molecule has 1 heterocycles. The lowest BCUT2D eigenvalue weighted by Gasteiger charge is -2.28. The average Bonchev–Trinajstić information content (AvgIpc) is 2.39. The molecule has 6 nitrogen and oxygen atoms in total. The van der Waals surface area contributed by atoms with Crippen molar-refractivity contribution in [2.75, 3.05) is 37.2 Å². The number of sulfonamides is 1. The van der Waals surface area contributed by atoms with Crippen LogP contribution in [0.25, 0.3) is 0 Å². The van der Waals surface area contributed by atoms with Crippen LogP contribution in [-0.4, -0.2) is 51.7 Å². The number of carbonyl (C=O) groups is 1. The first kappa shape index (κ1) is 14.7. The van der Waals surface area contributed by atoms with E-state index in [1.165, 1.54) is 6.07 Å². The Kier molecular flexibility index (Phi) is 4.24. The summed E-state index contributed by atoms with van der Waals surface area (Å²) in [5.41, 5.74) is 0.120. The second kappa shape index (κ2) is 5.76. The van der Waals surface area contributed by atoms with Crippen LogP contribution in [0.4, 0.5) is 10.1 Å². The average molecular weight is 301 g/mol. The SMILES string of the molecule is CS(=O)(=O)Nc1ccc(F)cc1C(=O)N1CCNCC1. The van der Waals surface area contributed by atoms with Gasteiger partial charge in [-0.3, -0.25) is 9.52 Å². The highest BCUT2D eigenvalue weighted by atomic mass is 32.2. The summed E-state index contributed by atoms with van der Waals surface area (Å²) in [6.07, 6.45) is 0.982. The Morgan fingerprint density at radius 2 is 2.00 bits per heavy atom. The van der Waals surface area contributed by atoms with Crippen molar-refractivity contribution in [3.63, 3.8) is 0 Å². The minimum atomic E-state index is -3.53. The van der Waals surface area contributed by atoms with Crippen molar-refractivity contribution in [1.29, 1.82) is 0 Å². The molecule has 0 saturated carbocycles. The van der Waals surface area contributed by atoms with Gasteiger partial charge in [0.2, 0.25) is 10.0 Å². The van der Waals surface area contributed by atoms with Crippen LogP contribution in [-0.2, 0) is 10.0 Å². The zero-order valence-corrected chi connectivity index (χ0v) is 11.8. The minimum absolute atomic E-state index is 0.0253. The van der Waals surface area contributed by atoms with Gasteiger partial charge in [-0.1, -0.05) is 0 Å². The normalized spacial score (nSPS) is 16.0. The van der Waals surface area contributed by atoms with Gasteiger partial charge in [-0.25, -0.2) is 12.8 Å². The third-order valence-corrected chi connectivity index (χ3v) is 3.50. The summed E-state index contributed by atoms with van der Waals surface area (Å²) >= 11 is 0.